The predicted molar refractivity (Wildman–Crippen MR) is 109 cm³/mol. The molecule has 4 nitrogen and oxygen atoms in total. The number of phenols is 1. The lowest BCUT2D eigenvalue weighted by Gasteiger charge is -2.39. The van der Waals surface area contributed by atoms with E-state index in [2.05, 4.69) is 24.0 Å². The molecule has 5 heteroatoms. The highest BCUT2D eigenvalue weighted by molar-refractivity contribution is 5.85. The number of halogens is 1. The lowest BCUT2D eigenvalue weighted by atomic mass is 9.84. The molecule has 2 aromatic rings. The number of rotatable bonds is 4. The van der Waals surface area contributed by atoms with Gasteiger partial charge in [-0.05, 0) is 49.1 Å². The second-order valence-electron chi connectivity index (χ2n) is 7.86. The first kappa shape index (κ1) is 20.0. The number of nitrogens with zero attached hydrogens (tertiary/aromatic N) is 1. The maximum Gasteiger partial charge on any atom is 0.123 e. The molecule has 1 saturated heterocycles. The van der Waals surface area contributed by atoms with E-state index in [-0.39, 0.29) is 18.5 Å². The molecule has 0 amide bonds. The van der Waals surface area contributed by atoms with Crippen LogP contribution in [0, 0.1) is 6.92 Å². The second kappa shape index (κ2) is 8.09. The second-order valence-corrected chi connectivity index (χ2v) is 7.86. The van der Waals surface area contributed by atoms with Crippen molar-refractivity contribution in [2.45, 2.75) is 44.3 Å². The number of piperidine rings is 1. The van der Waals surface area contributed by atoms with Gasteiger partial charge in [-0.25, -0.2) is 0 Å². The zero-order valence-corrected chi connectivity index (χ0v) is 16.5. The lowest BCUT2D eigenvalue weighted by Crippen LogP contribution is -2.48. The van der Waals surface area contributed by atoms with E-state index in [0.717, 1.165) is 56.6 Å². The molecular weight excluding hydrogens is 362 g/mol. The number of aryl methyl sites for hydroxylation is 1. The zero-order chi connectivity index (χ0) is 18.1. The van der Waals surface area contributed by atoms with Gasteiger partial charge in [-0.2, -0.15) is 0 Å². The minimum Gasteiger partial charge on any atom is -0.508 e. The molecule has 0 spiro atoms. The van der Waals surface area contributed by atoms with Crippen molar-refractivity contribution in [3.05, 3.63) is 59.2 Å². The van der Waals surface area contributed by atoms with E-state index in [1.807, 2.05) is 18.2 Å². The largest absolute Gasteiger partial charge is 0.508 e. The maximum absolute atomic E-state index is 11.0. The van der Waals surface area contributed by atoms with E-state index >= 15 is 0 Å². The van der Waals surface area contributed by atoms with Gasteiger partial charge in [0.2, 0.25) is 0 Å². The molecule has 0 bridgehead atoms. The Hall–Kier alpha value is -1.75. The van der Waals surface area contributed by atoms with Crippen LogP contribution in [0.2, 0.25) is 0 Å². The summed E-state index contributed by atoms with van der Waals surface area (Å²) in [6.07, 6.45) is 3.30. The fourth-order valence-corrected chi connectivity index (χ4v) is 4.19. The Bertz CT molecular complexity index is 787. The highest BCUT2D eigenvalue weighted by Gasteiger charge is 2.34. The SMILES string of the molecule is Cc1ccccc1CC1(O)CCN(C[C@H]2Cc3cc(O)ccc3O2)CC1.Cl. The average Bonchev–Trinajstić information content (AvgIpc) is 3.01. The topological polar surface area (TPSA) is 52.9 Å². The number of hydrogen-bond donors (Lipinski definition) is 2. The minimum absolute atomic E-state index is 0. The molecule has 27 heavy (non-hydrogen) atoms. The lowest BCUT2D eigenvalue weighted by molar-refractivity contribution is -0.0265. The van der Waals surface area contributed by atoms with Crippen LogP contribution in [0.3, 0.4) is 0 Å². The molecule has 1 fully saturated rings. The summed E-state index contributed by atoms with van der Waals surface area (Å²) < 4.78 is 6.01. The van der Waals surface area contributed by atoms with E-state index in [9.17, 15) is 10.2 Å². The first-order valence-corrected chi connectivity index (χ1v) is 9.49. The molecule has 2 aliphatic heterocycles. The van der Waals surface area contributed by atoms with E-state index in [4.69, 9.17) is 4.74 Å². The Morgan fingerprint density at radius 1 is 1.15 bits per heavy atom. The van der Waals surface area contributed by atoms with E-state index in [1.165, 1.54) is 11.1 Å². The van der Waals surface area contributed by atoms with Gasteiger partial charge in [0.15, 0.2) is 0 Å². The Labute approximate surface area is 167 Å². The quantitative estimate of drug-likeness (QED) is 0.840. The molecular formula is C22H28ClNO3. The highest BCUT2D eigenvalue weighted by Crippen LogP contribution is 2.33. The van der Waals surface area contributed by atoms with Crippen LogP contribution in [0.4, 0.5) is 0 Å². The molecule has 0 aromatic heterocycles. The predicted octanol–water partition coefficient (Wildman–Crippen LogP) is 3.50. The van der Waals surface area contributed by atoms with Crippen LogP contribution >= 0.6 is 12.4 Å². The van der Waals surface area contributed by atoms with Crippen molar-refractivity contribution in [2.24, 2.45) is 0 Å². The normalized spacial score (nSPS) is 21.2. The third-order valence-electron chi connectivity index (χ3n) is 5.81. The summed E-state index contributed by atoms with van der Waals surface area (Å²) in [6, 6.07) is 13.7. The molecule has 0 saturated carbocycles. The Kier molecular flexibility index (Phi) is 5.99. The van der Waals surface area contributed by atoms with Crippen LogP contribution in [0.5, 0.6) is 11.5 Å². The van der Waals surface area contributed by atoms with Crippen LogP contribution in [-0.2, 0) is 12.8 Å². The van der Waals surface area contributed by atoms with Crippen LogP contribution in [0.15, 0.2) is 42.5 Å². The van der Waals surface area contributed by atoms with Gasteiger partial charge in [-0.1, -0.05) is 24.3 Å². The van der Waals surface area contributed by atoms with Gasteiger partial charge in [-0.3, -0.25) is 4.90 Å². The summed E-state index contributed by atoms with van der Waals surface area (Å²) in [6.45, 7) is 4.77. The summed E-state index contributed by atoms with van der Waals surface area (Å²) in [7, 11) is 0. The number of aliphatic hydroxyl groups is 1. The minimum atomic E-state index is -0.603. The molecule has 2 aliphatic rings. The number of aromatic hydroxyl groups is 1. The van der Waals surface area contributed by atoms with E-state index < -0.39 is 5.60 Å². The Morgan fingerprint density at radius 2 is 1.89 bits per heavy atom. The summed E-state index contributed by atoms with van der Waals surface area (Å²) in [4.78, 5) is 2.39. The van der Waals surface area contributed by atoms with Crippen molar-refractivity contribution in [3.8, 4) is 11.5 Å². The van der Waals surface area contributed by atoms with Crippen molar-refractivity contribution in [1.29, 1.82) is 0 Å². The number of likely N-dealkylation sites (tertiary alicyclic amines) is 1. The summed E-state index contributed by atoms with van der Waals surface area (Å²) in [5, 5.41) is 20.6. The van der Waals surface area contributed by atoms with Crippen LogP contribution < -0.4 is 4.74 Å². The molecule has 4 rings (SSSR count). The van der Waals surface area contributed by atoms with Crippen molar-refractivity contribution >= 4 is 12.4 Å². The fraction of sp³-hybridized carbons (Fsp3) is 0.455. The van der Waals surface area contributed by atoms with Gasteiger partial charge in [0, 0.05) is 38.0 Å². The zero-order valence-electron chi connectivity index (χ0n) is 15.7. The first-order chi connectivity index (χ1) is 12.5. The fourth-order valence-electron chi connectivity index (χ4n) is 4.19. The molecule has 1 atom stereocenters. The van der Waals surface area contributed by atoms with E-state index in [1.54, 1.807) is 12.1 Å². The summed E-state index contributed by atoms with van der Waals surface area (Å²) in [5.74, 6) is 1.19. The maximum atomic E-state index is 11.0. The number of fused-ring (bicyclic) bond motifs is 1. The third kappa shape index (κ3) is 4.57. The van der Waals surface area contributed by atoms with Crippen molar-refractivity contribution in [1.82, 2.24) is 4.90 Å². The van der Waals surface area contributed by atoms with Crippen LogP contribution in [0.1, 0.15) is 29.5 Å². The van der Waals surface area contributed by atoms with Gasteiger partial charge in [-0.15, -0.1) is 12.4 Å². The molecule has 0 radical (unpaired) electrons. The molecule has 2 N–H and O–H groups in total. The molecule has 0 unspecified atom stereocenters. The smallest absolute Gasteiger partial charge is 0.123 e. The number of phenolic OH excluding ortho intramolecular Hbond substituents is 1. The number of benzene rings is 2. The molecule has 2 aromatic carbocycles. The first-order valence-electron chi connectivity index (χ1n) is 9.49. The highest BCUT2D eigenvalue weighted by atomic mass is 35.5. The molecule has 0 aliphatic carbocycles. The van der Waals surface area contributed by atoms with Gasteiger partial charge in [0.25, 0.3) is 0 Å². The van der Waals surface area contributed by atoms with Crippen molar-refractivity contribution < 1.29 is 14.9 Å². The van der Waals surface area contributed by atoms with Gasteiger partial charge >= 0.3 is 0 Å². The standard InChI is InChI=1S/C22H27NO3.ClH/c1-16-4-2-3-5-17(16)14-22(25)8-10-23(11-9-22)15-20-13-18-12-19(24)6-7-21(18)26-20;/h2-7,12,20,24-25H,8-11,13-15H2,1H3;1H/t20-;/m1./s1. The van der Waals surface area contributed by atoms with E-state index in [0.29, 0.717) is 5.75 Å². The van der Waals surface area contributed by atoms with Gasteiger partial charge in [0.1, 0.15) is 17.6 Å². The van der Waals surface area contributed by atoms with Gasteiger partial charge < -0.3 is 14.9 Å². The third-order valence-corrected chi connectivity index (χ3v) is 5.81. The average molecular weight is 390 g/mol. The van der Waals surface area contributed by atoms with Crippen molar-refractivity contribution in [3.63, 3.8) is 0 Å². The summed E-state index contributed by atoms with van der Waals surface area (Å²) in [5.41, 5.74) is 2.98. The number of ether oxygens (including phenoxy) is 1. The summed E-state index contributed by atoms with van der Waals surface area (Å²) >= 11 is 0. The Balaban J connectivity index is 0.00000210. The van der Waals surface area contributed by atoms with Crippen LogP contribution in [0.25, 0.3) is 0 Å². The van der Waals surface area contributed by atoms with Crippen LogP contribution in [-0.4, -0.2) is 46.5 Å². The molecule has 2 heterocycles. The van der Waals surface area contributed by atoms with Gasteiger partial charge in [0.05, 0.1) is 5.60 Å². The van der Waals surface area contributed by atoms with Crippen molar-refractivity contribution in [2.75, 3.05) is 19.6 Å². The monoisotopic (exact) mass is 389 g/mol. The molecule has 146 valence electrons. The number of hydrogen-bond acceptors (Lipinski definition) is 4. The Morgan fingerprint density at radius 3 is 2.63 bits per heavy atom.